The van der Waals surface area contributed by atoms with Gasteiger partial charge in [0.05, 0.1) is 0 Å². The second-order valence-electron chi connectivity index (χ2n) is 8.11. The molecule has 2 rings (SSSR count). The Bertz CT molecular complexity index is 812. The van der Waals surface area contributed by atoms with Crippen molar-refractivity contribution in [2.24, 2.45) is 0 Å². The molecule has 2 amide bonds. The van der Waals surface area contributed by atoms with E-state index in [4.69, 9.17) is 4.74 Å². The van der Waals surface area contributed by atoms with Gasteiger partial charge in [-0.3, -0.25) is 9.59 Å². The first kappa shape index (κ1) is 22.5. The van der Waals surface area contributed by atoms with Crippen molar-refractivity contribution in [3.05, 3.63) is 65.7 Å². The summed E-state index contributed by atoms with van der Waals surface area (Å²) in [5.41, 5.74) is 1.91. The lowest BCUT2D eigenvalue weighted by molar-refractivity contribution is -0.142. The van der Waals surface area contributed by atoms with Crippen LogP contribution in [0.1, 0.15) is 45.7 Å². The number of carbonyl (C=O) groups excluding carboxylic acids is 2. The lowest BCUT2D eigenvalue weighted by Crippen LogP contribution is -2.49. The molecule has 0 aliphatic rings. The number of benzene rings is 2. The summed E-state index contributed by atoms with van der Waals surface area (Å²) in [4.78, 5) is 27.0. The molecule has 0 bridgehead atoms. The van der Waals surface area contributed by atoms with E-state index < -0.39 is 6.04 Å². The molecular weight excluding hydrogens is 364 g/mol. The fourth-order valence-electron chi connectivity index (χ4n) is 3.12. The largest absolute Gasteiger partial charge is 0.483 e. The predicted octanol–water partition coefficient (Wildman–Crippen LogP) is 3.92. The van der Waals surface area contributed by atoms with Crippen LogP contribution in [0.3, 0.4) is 0 Å². The molecule has 0 radical (unpaired) electrons. The molecule has 1 unspecified atom stereocenters. The number of para-hydroxylation sites is 1. The topological polar surface area (TPSA) is 58.6 Å². The van der Waals surface area contributed by atoms with Crippen molar-refractivity contribution in [2.75, 3.05) is 13.2 Å². The molecule has 1 atom stereocenters. The minimum absolute atomic E-state index is 0.0995. The smallest absolute Gasteiger partial charge is 0.261 e. The van der Waals surface area contributed by atoms with Crippen LogP contribution < -0.4 is 10.1 Å². The summed E-state index contributed by atoms with van der Waals surface area (Å²) in [7, 11) is 0. The number of ether oxygens (including phenoxy) is 1. The lowest BCUT2D eigenvalue weighted by Gasteiger charge is -2.29. The molecule has 0 aromatic heterocycles. The van der Waals surface area contributed by atoms with Gasteiger partial charge in [-0.2, -0.15) is 0 Å². The van der Waals surface area contributed by atoms with Gasteiger partial charge in [-0.1, -0.05) is 69.3 Å². The molecule has 5 nitrogen and oxygen atoms in total. The molecule has 0 aliphatic carbocycles. The van der Waals surface area contributed by atoms with Gasteiger partial charge in [0.1, 0.15) is 11.8 Å². The van der Waals surface area contributed by atoms with E-state index in [0.29, 0.717) is 18.8 Å². The van der Waals surface area contributed by atoms with Crippen LogP contribution >= 0.6 is 0 Å². The van der Waals surface area contributed by atoms with Crippen LogP contribution in [-0.4, -0.2) is 35.9 Å². The lowest BCUT2D eigenvalue weighted by atomic mass is 9.86. The number of nitrogens with zero attached hydrogens (tertiary/aromatic N) is 1. The summed E-state index contributed by atoms with van der Waals surface area (Å²) in [6.45, 7) is 10.7. The Kier molecular flexibility index (Phi) is 7.82. The summed E-state index contributed by atoms with van der Waals surface area (Å²) in [6, 6.07) is 16.8. The Hall–Kier alpha value is -2.82. The second kappa shape index (κ2) is 10.1. The molecule has 5 heteroatoms. The van der Waals surface area contributed by atoms with Gasteiger partial charge in [-0.05, 0) is 36.5 Å². The minimum atomic E-state index is -0.593. The number of amides is 2. The van der Waals surface area contributed by atoms with Crippen molar-refractivity contribution in [2.45, 2.75) is 52.6 Å². The van der Waals surface area contributed by atoms with E-state index in [1.165, 1.54) is 0 Å². The normalized spacial score (nSPS) is 12.2. The third-order valence-electron chi connectivity index (χ3n) is 4.76. The highest BCUT2D eigenvalue weighted by Crippen LogP contribution is 2.31. The first-order valence-electron chi connectivity index (χ1n) is 10.1. The fraction of sp³-hybridized carbons (Fsp3) is 0.417. The van der Waals surface area contributed by atoms with Crippen molar-refractivity contribution < 1.29 is 14.3 Å². The summed E-state index contributed by atoms with van der Waals surface area (Å²) in [5, 5.41) is 2.80. The van der Waals surface area contributed by atoms with Gasteiger partial charge in [-0.15, -0.1) is 0 Å². The molecule has 0 spiro atoms. The number of hydrogen-bond donors (Lipinski definition) is 1. The van der Waals surface area contributed by atoms with Crippen LogP contribution in [0.4, 0.5) is 0 Å². The van der Waals surface area contributed by atoms with Crippen LogP contribution in [-0.2, 0) is 21.5 Å². The van der Waals surface area contributed by atoms with Crippen LogP contribution in [0.5, 0.6) is 5.75 Å². The maximum Gasteiger partial charge on any atom is 0.261 e. The van der Waals surface area contributed by atoms with Gasteiger partial charge in [0, 0.05) is 13.1 Å². The Morgan fingerprint density at radius 3 is 2.28 bits per heavy atom. The molecule has 156 valence electrons. The Labute approximate surface area is 174 Å². The van der Waals surface area contributed by atoms with E-state index in [1.807, 2.05) is 61.5 Å². The number of likely N-dealkylation sites (N-methyl/N-ethyl adjacent to an activating group) is 1. The van der Waals surface area contributed by atoms with Crippen molar-refractivity contribution >= 4 is 11.8 Å². The van der Waals surface area contributed by atoms with E-state index in [9.17, 15) is 9.59 Å². The van der Waals surface area contributed by atoms with Crippen molar-refractivity contribution in [3.63, 3.8) is 0 Å². The molecule has 0 saturated carbocycles. The first-order chi connectivity index (χ1) is 13.7. The van der Waals surface area contributed by atoms with Gasteiger partial charge in [0.2, 0.25) is 5.91 Å². The highest BCUT2D eigenvalue weighted by atomic mass is 16.5. The molecule has 0 fully saturated rings. The van der Waals surface area contributed by atoms with Crippen molar-refractivity contribution in [1.82, 2.24) is 10.2 Å². The van der Waals surface area contributed by atoms with E-state index in [2.05, 4.69) is 26.1 Å². The maximum absolute atomic E-state index is 13.1. The van der Waals surface area contributed by atoms with Gasteiger partial charge < -0.3 is 15.0 Å². The minimum Gasteiger partial charge on any atom is -0.483 e. The molecule has 1 N–H and O–H groups in total. The van der Waals surface area contributed by atoms with Gasteiger partial charge in [0.25, 0.3) is 5.91 Å². The number of carbonyl (C=O) groups is 2. The Morgan fingerprint density at radius 1 is 1.03 bits per heavy atom. The monoisotopic (exact) mass is 396 g/mol. The zero-order valence-electron chi connectivity index (χ0n) is 18.1. The average Bonchev–Trinajstić information content (AvgIpc) is 2.70. The van der Waals surface area contributed by atoms with Crippen LogP contribution in [0.15, 0.2) is 54.6 Å². The first-order valence-corrected chi connectivity index (χ1v) is 10.1. The van der Waals surface area contributed by atoms with Gasteiger partial charge in [0.15, 0.2) is 6.61 Å². The summed E-state index contributed by atoms with van der Waals surface area (Å²) >= 11 is 0. The summed E-state index contributed by atoms with van der Waals surface area (Å²) < 4.78 is 5.91. The highest BCUT2D eigenvalue weighted by Gasteiger charge is 2.27. The van der Waals surface area contributed by atoms with E-state index >= 15 is 0 Å². The van der Waals surface area contributed by atoms with E-state index in [0.717, 1.165) is 11.1 Å². The summed E-state index contributed by atoms with van der Waals surface area (Å²) in [5.74, 6) is 0.293. The number of hydrogen-bond acceptors (Lipinski definition) is 3. The summed E-state index contributed by atoms with van der Waals surface area (Å²) in [6.07, 6.45) is 0. The quantitative estimate of drug-likeness (QED) is 0.736. The zero-order chi connectivity index (χ0) is 21.4. The fourth-order valence-corrected chi connectivity index (χ4v) is 3.12. The van der Waals surface area contributed by atoms with Crippen molar-refractivity contribution in [1.29, 1.82) is 0 Å². The molecule has 29 heavy (non-hydrogen) atoms. The van der Waals surface area contributed by atoms with Crippen LogP contribution in [0.25, 0.3) is 0 Å². The SMILES string of the molecule is CCNC(=O)C(C)N(Cc1ccccc1)C(=O)COc1ccccc1C(C)(C)C. The van der Waals surface area contributed by atoms with Crippen molar-refractivity contribution in [3.8, 4) is 5.75 Å². The Morgan fingerprint density at radius 2 is 1.66 bits per heavy atom. The van der Waals surface area contributed by atoms with E-state index in [-0.39, 0.29) is 23.8 Å². The Balaban J connectivity index is 2.18. The molecular formula is C24H32N2O3. The number of nitrogens with one attached hydrogen (secondary N) is 1. The third-order valence-corrected chi connectivity index (χ3v) is 4.76. The molecule has 2 aromatic rings. The number of rotatable bonds is 8. The predicted molar refractivity (Wildman–Crippen MR) is 116 cm³/mol. The molecule has 0 aliphatic heterocycles. The third kappa shape index (κ3) is 6.34. The van der Waals surface area contributed by atoms with E-state index in [1.54, 1.807) is 11.8 Å². The molecule has 0 saturated heterocycles. The molecule has 2 aromatic carbocycles. The van der Waals surface area contributed by atoms with Gasteiger partial charge in [-0.25, -0.2) is 0 Å². The second-order valence-corrected chi connectivity index (χ2v) is 8.11. The standard InChI is InChI=1S/C24H32N2O3/c1-6-25-23(28)18(2)26(16-19-12-8-7-9-13-19)22(27)17-29-21-15-11-10-14-20(21)24(3,4)5/h7-15,18H,6,16-17H2,1-5H3,(H,25,28). The molecule has 0 heterocycles. The highest BCUT2D eigenvalue weighted by molar-refractivity contribution is 5.87. The van der Waals surface area contributed by atoms with Crippen LogP contribution in [0.2, 0.25) is 0 Å². The maximum atomic E-state index is 13.1. The zero-order valence-corrected chi connectivity index (χ0v) is 18.1. The van der Waals surface area contributed by atoms with Gasteiger partial charge >= 0.3 is 0 Å². The average molecular weight is 397 g/mol. The van der Waals surface area contributed by atoms with Crippen LogP contribution in [0, 0.1) is 0 Å².